The third-order valence-electron chi connectivity index (χ3n) is 4.23. The number of ether oxygens (including phenoxy) is 1. The van der Waals surface area contributed by atoms with Gasteiger partial charge in [0.05, 0.1) is 13.7 Å². The van der Waals surface area contributed by atoms with Gasteiger partial charge >= 0.3 is 0 Å². The number of amides is 1. The van der Waals surface area contributed by atoms with Crippen LogP contribution in [0.1, 0.15) is 27.4 Å². The summed E-state index contributed by atoms with van der Waals surface area (Å²) in [5.41, 5.74) is 2.07. The molecule has 0 spiro atoms. The van der Waals surface area contributed by atoms with Crippen LogP contribution in [0.25, 0.3) is 0 Å². The van der Waals surface area contributed by atoms with Gasteiger partial charge in [0.2, 0.25) is 0 Å². The lowest BCUT2D eigenvalue weighted by Crippen LogP contribution is -2.25. The van der Waals surface area contributed by atoms with E-state index in [0.717, 1.165) is 16.9 Å². The van der Waals surface area contributed by atoms with E-state index in [-0.39, 0.29) is 23.8 Å². The summed E-state index contributed by atoms with van der Waals surface area (Å²) in [6.45, 7) is 2.77. The fourth-order valence-electron chi connectivity index (χ4n) is 2.84. The SMILES string of the molecule is COc1ccc(C)cc1CCNC(=O)c1ccc(Cn2ccccc2=O)o1. The van der Waals surface area contributed by atoms with E-state index in [1.54, 1.807) is 37.6 Å². The first-order valence-electron chi connectivity index (χ1n) is 8.72. The van der Waals surface area contributed by atoms with Gasteiger partial charge in [0.1, 0.15) is 11.5 Å². The molecule has 0 saturated carbocycles. The van der Waals surface area contributed by atoms with E-state index in [2.05, 4.69) is 5.32 Å². The van der Waals surface area contributed by atoms with Crippen molar-refractivity contribution in [1.29, 1.82) is 0 Å². The molecule has 0 bridgehead atoms. The van der Waals surface area contributed by atoms with E-state index in [1.165, 1.54) is 10.6 Å². The number of carbonyl (C=O) groups excluding carboxylic acids is 1. The van der Waals surface area contributed by atoms with Crippen LogP contribution in [0.4, 0.5) is 0 Å². The molecule has 1 N–H and O–H groups in total. The van der Waals surface area contributed by atoms with Gasteiger partial charge < -0.3 is 19.0 Å². The van der Waals surface area contributed by atoms with E-state index in [1.807, 2.05) is 25.1 Å². The molecule has 140 valence electrons. The predicted octanol–water partition coefficient (Wildman–Crippen LogP) is 2.78. The van der Waals surface area contributed by atoms with Crippen LogP contribution in [0, 0.1) is 6.92 Å². The molecule has 2 aromatic heterocycles. The summed E-state index contributed by atoms with van der Waals surface area (Å²) < 4.78 is 12.4. The lowest BCUT2D eigenvalue weighted by molar-refractivity contribution is 0.0924. The number of benzene rings is 1. The standard InChI is InChI=1S/C21H22N2O4/c1-15-6-8-18(26-2)16(13-15)10-11-22-21(25)19-9-7-17(27-19)14-23-12-4-3-5-20(23)24/h3-9,12-13H,10-11,14H2,1-2H3,(H,22,25). The van der Waals surface area contributed by atoms with Crippen molar-refractivity contribution >= 4 is 5.91 Å². The van der Waals surface area contributed by atoms with Gasteiger partial charge in [-0.15, -0.1) is 0 Å². The number of nitrogens with one attached hydrogen (secondary N) is 1. The maximum atomic E-state index is 12.3. The zero-order valence-corrected chi connectivity index (χ0v) is 15.4. The smallest absolute Gasteiger partial charge is 0.287 e. The number of carbonyl (C=O) groups is 1. The maximum absolute atomic E-state index is 12.3. The fourth-order valence-corrected chi connectivity index (χ4v) is 2.84. The molecule has 0 saturated heterocycles. The minimum absolute atomic E-state index is 0.119. The number of hydrogen-bond acceptors (Lipinski definition) is 4. The van der Waals surface area contributed by atoms with Crippen LogP contribution in [0.15, 0.2) is 63.9 Å². The average Bonchev–Trinajstić information content (AvgIpc) is 3.12. The predicted molar refractivity (Wildman–Crippen MR) is 102 cm³/mol. The second kappa shape index (κ2) is 8.40. The number of aryl methyl sites for hydroxylation is 1. The van der Waals surface area contributed by atoms with Crippen LogP contribution in [-0.4, -0.2) is 24.1 Å². The molecule has 0 fully saturated rings. The van der Waals surface area contributed by atoms with Crippen molar-refractivity contribution < 1.29 is 13.9 Å². The topological polar surface area (TPSA) is 73.5 Å². The van der Waals surface area contributed by atoms with Crippen LogP contribution in [0.5, 0.6) is 5.75 Å². The van der Waals surface area contributed by atoms with Gasteiger partial charge in [-0.05, 0) is 43.2 Å². The first-order valence-corrected chi connectivity index (χ1v) is 8.72. The number of furan rings is 1. The van der Waals surface area contributed by atoms with Crippen LogP contribution in [0.3, 0.4) is 0 Å². The quantitative estimate of drug-likeness (QED) is 0.698. The number of methoxy groups -OCH3 is 1. The summed E-state index contributed by atoms with van der Waals surface area (Å²) in [6, 6.07) is 14.2. The summed E-state index contributed by atoms with van der Waals surface area (Å²) in [5, 5.41) is 2.85. The molecule has 1 aromatic carbocycles. The Morgan fingerprint density at radius 2 is 2.04 bits per heavy atom. The molecule has 0 radical (unpaired) electrons. The molecule has 6 heteroatoms. The zero-order valence-electron chi connectivity index (χ0n) is 15.4. The lowest BCUT2D eigenvalue weighted by Gasteiger charge is -2.10. The summed E-state index contributed by atoms with van der Waals surface area (Å²) in [7, 11) is 1.63. The molecule has 27 heavy (non-hydrogen) atoms. The molecule has 1 amide bonds. The van der Waals surface area contributed by atoms with Gasteiger partial charge in [-0.3, -0.25) is 9.59 Å². The monoisotopic (exact) mass is 366 g/mol. The molecular weight excluding hydrogens is 344 g/mol. The summed E-state index contributed by atoms with van der Waals surface area (Å²) >= 11 is 0. The molecule has 6 nitrogen and oxygen atoms in total. The van der Waals surface area contributed by atoms with Crippen molar-refractivity contribution in [3.63, 3.8) is 0 Å². The van der Waals surface area contributed by atoms with Crippen molar-refractivity contribution in [2.24, 2.45) is 0 Å². The Balaban J connectivity index is 1.58. The Labute approximate surface area is 157 Å². The average molecular weight is 366 g/mol. The maximum Gasteiger partial charge on any atom is 0.287 e. The van der Waals surface area contributed by atoms with Crippen molar-refractivity contribution in [1.82, 2.24) is 9.88 Å². The molecule has 2 heterocycles. The van der Waals surface area contributed by atoms with Crippen molar-refractivity contribution in [3.05, 3.63) is 87.7 Å². The largest absolute Gasteiger partial charge is 0.496 e. The minimum Gasteiger partial charge on any atom is -0.496 e. The first-order chi connectivity index (χ1) is 13.1. The number of pyridine rings is 1. The van der Waals surface area contributed by atoms with E-state index in [4.69, 9.17) is 9.15 Å². The molecule has 3 rings (SSSR count). The molecule has 3 aromatic rings. The highest BCUT2D eigenvalue weighted by Gasteiger charge is 2.12. The summed E-state index contributed by atoms with van der Waals surface area (Å²) in [6.07, 6.45) is 2.34. The second-order valence-electron chi connectivity index (χ2n) is 6.25. The number of hydrogen-bond donors (Lipinski definition) is 1. The van der Waals surface area contributed by atoms with Gasteiger partial charge in [0.15, 0.2) is 5.76 Å². The van der Waals surface area contributed by atoms with E-state index < -0.39 is 0 Å². The lowest BCUT2D eigenvalue weighted by atomic mass is 10.1. The molecule has 0 aliphatic rings. The van der Waals surface area contributed by atoms with Gasteiger partial charge in [-0.1, -0.05) is 23.8 Å². The van der Waals surface area contributed by atoms with E-state index in [9.17, 15) is 9.59 Å². The Hall–Kier alpha value is -3.28. The fraction of sp³-hybridized carbons (Fsp3) is 0.238. The Morgan fingerprint density at radius 3 is 2.81 bits per heavy atom. The Bertz CT molecular complexity index is 988. The molecule has 0 aliphatic carbocycles. The summed E-state index contributed by atoms with van der Waals surface area (Å²) in [4.78, 5) is 24.0. The highest BCUT2D eigenvalue weighted by atomic mass is 16.5. The van der Waals surface area contributed by atoms with Crippen LogP contribution >= 0.6 is 0 Å². The van der Waals surface area contributed by atoms with Crippen molar-refractivity contribution in [3.8, 4) is 5.75 Å². The van der Waals surface area contributed by atoms with E-state index in [0.29, 0.717) is 18.7 Å². The van der Waals surface area contributed by atoms with Gasteiger partial charge in [-0.2, -0.15) is 0 Å². The van der Waals surface area contributed by atoms with Gasteiger partial charge in [0.25, 0.3) is 11.5 Å². The second-order valence-corrected chi connectivity index (χ2v) is 6.25. The Kier molecular flexibility index (Phi) is 5.76. The van der Waals surface area contributed by atoms with Crippen LogP contribution < -0.4 is 15.6 Å². The summed E-state index contributed by atoms with van der Waals surface area (Å²) in [5.74, 6) is 1.30. The van der Waals surface area contributed by atoms with Crippen molar-refractivity contribution in [2.45, 2.75) is 19.9 Å². The molecular formula is C21H22N2O4. The molecule has 0 aliphatic heterocycles. The van der Waals surface area contributed by atoms with Crippen LogP contribution in [0.2, 0.25) is 0 Å². The molecule has 0 unspecified atom stereocenters. The van der Waals surface area contributed by atoms with Crippen LogP contribution in [-0.2, 0) is 13.0 Å². The first kappa shape index (κ1) is 18.5. The molecule has 0 atom stereocenters. The highest BCUT2D eigenvalue weighted by molar-refractivity contribution is 5.91. The Morgan fingerprint density at radius 1 is 1.19 bits per heavy atom. The normalized spacial score (nSPS) is 10.6. The van der Waals surface area contributed by atoms with Gasteiger partial charge in [0, 0.05) is 18.8 Å². The number of nitrogens with zero attached hydrogens (tertiary/aromatic N) is 1. The minimum atomic E-state index is -0.284. The van der Waals surface area contributed by atoms with Gasteiger partial charge in [-0.25, -0.2) is 0 Å². The number of rotatable bonds is 7. The third kappa shape index (κ3) is 4.67. The highest BCUT2D eigenvalue weighted by Crippen LogP contribution is 2.19. The van der Waals surface area contributed by atoms with E-state index >= 15 is 0 Å². The van der Waals surface area contributed by atoms with Crippen molar-refractivity contribution in [2.75, 3.05) is 13.7 Å². The number of aromatic nitrogens is 1. The third-order valence-corrected chi connectivity index (χ3v) is 4.23. The zero-order chi connectivity index (χ0) is 19.2.